The van der Waals surface area contributed by atoms with Crippen molar-refractivity contribution in [2.75, 3.05) is 0 Å². The molecule has 1 fully saturated rings. The predicted octanol–water partition coefficient (Wildman–Crippen LogP) is 4.37. The van der Waals surface area contributed by atoms with E-state index in [0.29, 0.717) is 18.8 Å². The summed E-state index contributed by atoms with van der Waals surface area (Å²) in [7, 11) is 0. The first-order chi connectivity index (χ1) is 15.5. The molecule has 2 aromatic rings. The van der Waals surface area contributed by atoms with E-state index in [2.05, 4.69) is 33.0 Å². The Labute approximate surface area is 198 Å². The molecule has 3 atom stereocenters. The minimum Gasteiger partial charge on any atom is -0.393 e. The summed E-state index contributed by atoms with van der Waals surface area (Å²) in [6.07, 6.45) is 2.76. The van der Waals surface area contributed by atoms with Crippen LogP contribution in [0, 0.1) is 11.3 Å². The Morgan fingerprint density at radius 3 is 1.88 bits per heavy atom. The number of benzene rings is 2. The van der Waals surface area contributed by atoms with Crippen molar-refractivity contribution in [3.63, 3.8) is 0 Å². The molecule has 180 valence electrons. The Bertz CT molecular complexity index is 883. The van der Waals surface area contributed by atoms with Gasteiger partial charge in [0.05, 0.1) is 12.0 Å². The fourth-order valence-corrected chi connectivity index (χ4v) is 3.38. The number of nitrogens with one attached hydrogen (secondary N) is 1. The first kappa shape index (κ1) is 26.6. The zero-order valence-corrected chi connectivity index (χ0v) is 20.7. The molecule has 33 heavy (non-hydrogen) atoms. The molecule has 0 unspecified atom stereocenters. The maximum absolute atomic E-state index is 12.8. The lowest BCUT2D eigenvalue weighted by atomic mass is 9.92. The molecular weight excluding hydrogens is 412 g/mol. The maximum atomic E-state index is 12.8. The van der Waals surface area contributed by atoms with E-state index in [-0.39, 0.29) is 5.91 Å². The molecule has 0 bridgehead atoms. The second-order valence-corrected chi connectivity index (χ2v) is 10.3. The van der Waals surface area contributed by atoms with E-state index in [1.54, 1.807) is 6.92 Å². The molecule has 2 amide bonds. The van der Waals surface area contributed by atoms with Gasteiger partial charge in [0, 0.05) is 6.42 Å². The van der Waals surface area contributed by atoms with Crippen molar-refractivity contribution in [3.05, 3.63) is 71.3 Å². The number of carbonyl (C=O) groups excluding carboxylic acids is 2. The summed E-state index contributed by atoms with van der Waals surface area (Å²) < 4.78 is 0. The molecule has 0 spiro atoms. The molecular formula is C28H40N2O3. The van der Waals surface area contributed by atoms with Crippen LogP contribution in [-0.4, -0.2) is 29.1 Å². The molecule has 0 heterocycles. The molecule has 0 aromatic heterocycles. The minimum absolute atomic E-state index is 0.317. The van der Waals surface area contributed by atoms with E-state index < -0.39 is 24.0 Å². The van der Waals surface area contributed by atoms with Crippen LogP contribution in [0.4, 0.5) is 0 Å². The van der Waals surface area contributed by atoms with Crippen molar-refractivity contribution in [2.24, 2.45) is 17.1 Å². The Morgan fingerprint density at radius 2 is 1.45 bits per heavy atom. The average molecular weight is 453 g/mol. The van der Waals surface area contributed by atoms with Crippen LogP contribution in [0.1, 0.15) is 70.1 Å². The van der Waals surface area contributed by atoms with Crippen molar-refractivity contribution < 1.29 is 14.7 Å². The van der Waals surface area contributed by atoms with Gasteiger partial charge in [-0.3, -0.25) is 9.59 Å². The third-order valence-corrected chi connectivity index (χ3v) is 6.21. The van der Waals surface area contributed by atoms with E-state index in [4.69, 9.17) is 5.73 Å². The van der Waals surface area contributed by atoms with E-state index in [9.17, 15) is 14.7 Å². The summed E-state index contributed by atoms with van der Waals surface area (Å²) in [5.74, 6) is -1.20. The number of amides is 2. The number of aliphatic hydroxyl groups is 1. The molecule has 5 nitrogen and oxygen atoms in total. The third-order valence-electron chi connectivity index (χ3n) is 6.21. The predicted molar refractivity (Wildman–Crippen MR) is 134 cm³/mol. The lowest BCUT2D eigenvalue weighted by Gasteiger charge is -2.23. The highest BCUT2D eigenvalue weighted by atomic mass is 16.3. The molecule has 1 aliphatic rings. The summed E-state index contributed by atoms with van der Waals surface area (Å²) >= 11 is 0. The fraction of sp³-hybridized carbons (Fsp3) is 0.500. The Kier molecular flexibility index (Phi) is 9.66. The molecule has 1 saturated carbocycles. The Hall–Kier alpha value is -2.66. The topological polar surface area (TPSA) is 92.4 Å². The van der Waals surface area contributed by atoms with Crippen LogP contribution in [-0.2, 0) is 22.4 Å². The van der Waals surface area contributed by atoms with Gasteiger partial charge >= 0.3 is 0 Å². The van der Waals surface area contributed by atoms with E-state index in [0.717, 1.165) is 16.5 Å². The van der Waals surface area contributed by atoms with Crippen LogP contribution in [0.25, 0.3) is 0 Å². The summed E-state index contributed by atoms with van der Waals surface area (Å²) in [5.41, 5.74) is 9.33. The molecule has 4 N–H and O–H groups in total. The Balaban J connectivity index is 0.000000678. The van der Waals surface area contributed by atoms with Gasteiger partial charge in [0.1, 0.15) is 6.04 Å². The Morgan fingerprint density at radius 1 is 0.939 bits per heavy atom. The maximum Gasteiger partial charge on any atom is 0.240 e. The zero-order valence-electron chi connectivity index (χ0n) is 20.7. The molecule has 0 aliphatic heterocycles. The lowest BCUT2D eigenvalue weighted by molar-refractivity contribution is -0.132. The number of hydrogen-bond acceptors (Lipinski definition) is 3. The van der Waals surface area contributed by atoms with Gasteiger partial charge in [0.15, 0.2) is 0 Å². The van der Waals surface area contributed by atoms with Gasteiger partial charge in [0.2, 0.25) is 11.8 Å². The summed E-state index contributed by atoms with van der Waals surface area (Å²) in [4.78, 5) is 24.6. The molecule has 0 radical (unpaired) electrons. The quantitative estimate of drug-likeness (QED) is 0.527. The highest BCUT2D eigenvalue weighted by Gasteiger charge is 2.30. The summed E-state index contributed by atoms with van der Waals surface area (Å²) in [6.45, 7) is 10.4. The van der Waals surface area contributed by atoms with Gasteiger partial charge in [0.25, 0.3) is 0 Å². The normalized spacial score (nSPS) is 16.7. The van der Waals surface area contributed by atoms with Gasteiger partial charge in [-0.2, -0.15) is 0 Å². The van der Waals surface area contributed by atoms with E-state index in [1.165, 1.54) is 18.4 Å². The van der Waals surface area contributed by atoms with Crippen molar-refractivity contribution in [1.29, 1.82) is 0 Å². The second kappa shape index (κ2) is 12.0. The summed E-state index contributed by atoms with van der Waals surface area (Å²) in [5, 5.41) is 12.9. The van der Waals surface area contributed by atoms with Gasteiger partial charge in [-0.1, -0.05) is 82.3 Å². The standard InChI is InChI=1S/C23H30N2O3.C5H10/c1-15(2)19-11-9-18(10-12-19)13-20(16(3)26)23(28)25-21(22(24)27)14-17-7-5-4-6-8-17;1-5(2)3-4-5/h4-12,15-16,20-21,26H,13-14H2,1-3H3,(H2,24,27)(H,25,28);3-4H2,1-2H3/t16-,20-,21+;/m1./s1. The van der Waals surface area contributed by atoms with Gasteiger partial charge in [-0.05, 0) is 54.2 Å². The summed E-state index contributed by atoms with van der Waals surface area (Å²) in [6, 6.07) is 16.6. The number of primary amides is 1. The molecule has 1 aliphatic carbocycles. The number of hydrogen-bond donors (Lipinski definition) is 3. The van der Waals surface area contributed by atoms with Crippen LogP contribution < -0.4 is 11.1 Å². The van der Waals surface area contributed by atoms with E-state index in [1.807, 2.05) is 54.6 Å². The largest absolute Gasteiger partial charge is 0.393 e. The molecule has 5 heteroatoms. The van der Waals surface area contributed by atoms with Crippen molar-refractivity contribution in [2.45, 2.75) is 78.4 Å². The molecule has 2 aromatic carbocycles. The molecule has 3 rings (SSSR count). The van der Waals surface area contributed by atoms with Crippen LogP contribution in [0.2, 0.25) is 0 Å². The second-order valence-electron chi connectivity index (χ2n) is 10.3. The van der Waals surface area contributed by atoms with Crippen molar-refractivity contribution in [1.82, 2.24) is 5.32 Å². The first-order valence-corrected chi connectivity index (χ1v) is 11.9. The first-order valence-electron chi connectivity index (χ1n) is 11.9. The average Bonchev–Trinajstić information content (AvgIpc) is 3.46. The monoisotopic (exact) mass is 452 g/mol. The number of aliphatic hydroxyl groups excluding tert-OH is 1. The number of carbonyl (C=O) groups is 2. The van der Waals surface area contributed by atoms with Gasteiger partial charge in [-0.15, -0.1) is 0 Å². The minimum atomic E-state index is -0.852. The smallest absolute Gasteiger partial charge is 0.240 e. The molecule has 0 saturated heterocycles. The highest BCUT2D eigenvalue weighted by molar-refractivity contribution is 5.88. The number of nitrogens with two attached hydrogens (primary N) is 1. The zero-order chi connectivity index (χ0) is 24.6. The van der Waals surface area contributed by atoms with Gasteiger partial charge < -0.3 is 16.2 Å². The van der Waals surface area contributed by atoms with Gasteiger partial charge in [-0.25, -0.2) is 0 Å². The van der Waals surface area contributed by atoms with Crippen molar-refractivity contribution >= 4 is 11.8 Å². The van der Waals surface area contributed by atoms with E-state index >= 15 is 0 Å². The van der Waals surface area contributed by atoms with Crippen LogP contribution in [0.5, 0.6) is 0 Å². The highest BCUT2D eigenvalue weighted by Crippen LogP contribution is 2.43. The van der Waals surface area contributed by atoms with Crippen molar-refractivity contribution in [3.8, 4) is 0 Å². The fourth-order valence-electron chi connectivity index (χ4n) is 3.38. The third kappa shape index (κ3) is 9.39. The van der Waals surface area contributed by atoms with Crippen LogP contribution >= 0.6 is 0 Å². The van der Waals surface area contributed by atoms with Crippen LogP contribution in [0.15, 0.2) is 54.6 Å². The lowest BCUT2D eigenvalue weighted by Crippen LogP contribution is -2.49. The van der Waals surface area contributed by atoms with Crippen LogP contribution in [0.3, 0.4) is 0 Å². The SMILES string of the molecule is CC(C)c1ccc(C[C@@H](C(=O)N[C@@H](Cc2ccccc2)C(N)=O)[C@@H](C)O)cc1.CC1(C)CC1. The number of rotatable bonds is 9.